The van der Waals surface area contributed by atoms with Crippen molar-refractivity contribution >= 4 is 40.7 Å². The van der Waals surface area contributed by atoms with Crippen molar-refractivity contribution in [2.45, 2.75) is 39.7 Å². The van der Waals surface area contributed by atoms with Crippen LogP contribution in [0.4, 0.5) is 11.4 Å². The Kier molecular flexibility index (Phi) is 9.80. The Labute approximate surface area is 258 Å². The Morgan fingerprint density at radius 3 is 2.40 bits per heavy atom. The van der Waals surface area contributed by atoms with Crippen LogP contribution < -0.4 is 10.2 Å². The highest BCUT2D eigenvalue weighted by Crippen LogP contribution is 2.38. The van der Waals surface area contributed by atoms with Crippen molar-refractivity contribution in [1.29, 1.82) is 0 Å². The minimum absolute atomic E-state index is 0.0955. The van der Waals surface area contributed by atoms with Gasteiger partial charge in [0.25, 0.3) is 11.8 Å². The molecular formula is C34H39ClN4O4. The summed E-state index contributed by atoms with van der Waals surface area (Å²) in [4.78, 5) is 44.4. The summed E-state index contributed by atoms with van der Waals surface area (Å²) in [6.45, 7) is 10.5. The molecule has 0 saturated carbocycles. The summed E-state index contributed by atoms with van der Waals surface area (Å²) in [6.07, 6.45) is 1.38. The number of carbonyl (C=O) groups excluding carboxylic acids is 3. The summed E-state index contributed by atoms with van der Waals surface area (Å²) in [5.74, 6) is -0.154. The van der Waals surface area contributed by atoms with Crippen molar-refractivity contribution in [2.24, 2.45) is 0 Å². The maximum absolute atomic E-state index is 14.0. The van der Waals surface area contributed by atoms with Gasteiger partial charge >= 0.3 is 0 Å². The molecule has 1 saturated heterocycles. The SMILES string of the molecule is CC(=O)N1CCN(CCOC2CCCN(C(=O)c3ccc(NC(=O)c4ccccc4C)cc3C)c3ccc(Cl)cc32)CC1. The lowest BCUT2D eigenvalue weighted by molar-refractivity contribution is -0.130. The molecule has 3 amide bonds. The van der Waals surface area contributed by atoms with E-state index in [-0.39, 0.29) is 23.8 Å². The molecular weight excluding hydrogens is 564 g/mol. The van der Waals surface area contributed by atoms with E-state index in [0.717, 1.165) is 67.9 Å². The Hall–Kier alpha value is -3.72. The van der Waals surface area contributed by atoms with Crippen LogP contribution in [0.25, 0.3) is 0 Å². The molecule has 1 atom stereocenters. The molecule has 0 bridgehead atoms. The average Bonchev–Trinajstić information content (AvgIpc) is 3.16. The molecule has 43 heavy (non-hydrogen) atoms. The van der Waals surface area contributed by atoms with Gasteiger partial charge in [0.15, 0.2) is 0 Å². The van der Waals surface area contributed by atoms with Crippen LogP contribution in [0.2, 0.25) is 5.02 Å². The summed E-state index contributed by atoms with van der Waals surface area (Å²) in [5, 5.41) is 3.56. The fourth-order valence-corrected chi connectivity index (χ4v) is 6.07. The number of hydrogen-bond acceptors (Lipinski definition) is 5. The monoisotopic (exact) mass is 602 g/mol. The molecule has 226 valence electrons. The standard InChI is InChI=1S/C34H39ClN4O4/c1-23-7-4-5-8-28(23)33(41)36-27-11-12-29(24(2)21-27)34(42)39-14-6-9-32(30-22-26(35)10-13-31(30)39)43-20-19-37-15-17-38(18-16-37)25(3)40/h4-5,7-8,10-13,21-22,32H,6,9,14-20H2,1-3H3,(H,36,41). The van der Waals surface area contributed by atoms with Crippen molar-refractivity contribution in [1.82, 2.24) is 9.80 Å². The van der Waals surface area contributed by atoms with Crippen LogP contribution in [0, 0.1) is 13.8 Å². The van der Waals surface area contributed by atoms with Gasteiger partial charge in [-0.25, -0.2) is 0 Å². The third-order valence-corrected chi connectivity index (χ3v) is 8.60. The summed E-state index contributed by atoms with van der Waals surface area (Å²) < 4.78 is 6.42. The highest BCUT2D eigenvalue weighted by molar-refractivity contribution is 6.30. The highest BCUT2D eigenvalue weighted by Gasteiger charge is 2.29. The molecule has 1 unspecified atom stereocenters. The zero-order valence-electron chi connectivity index (χ0n) is 25.1. The van der Waals surface area contributed by atoms with Crippen LogP contribution >= 0.6 is 11.6 Å². The van der Waals surface area contributed by atoms with E-state index in [0.29, 0.717) is 35.0 Å². The van der Waals surface area contributed by atoms with E-state index in [1.807, 2.05) is 66.1 Å². The number of benzene rings is 3. The molecule has 0 spiro atoms. The normalized spacial score (nSPS) is 17.3. The van der Waals surface area contributed by atoms with Crippen molar-refractivity contribution < 1.29 is 19.1 Å². The van der Waals surface area contributed by atoms with Gasteiger partial charge < -0.3 is 19.9 Å². The Morgan fingerprint density at radius 1 is 0.907 bits per heavy atom. The van der Waals surface area contributed by atoms with Gasteiger partial charge in [-0.15, -0.1) is 0 Å². The van der Waals surface area contributed by atoms with E-state index >= 15 is 0 Å². The van der Waals surface area contributed by atoms with E-state index in [4.69, 9.17) is 16.3 Å². The summed E-state index contributed by atoms with van der Waals surface area (Å²) >= 11 is 6.44. The molecule has 0 aromatic heterocycles. The number of amides is 3. The van der Waals surface area contributed by atoms with Crippen molar-refractivity contribution in [2.75, 3.05) is 56.1 Å². The zero-order chi connectivity index (χ0) is 30.5. The van der Waals surface area contributed by atoms with Crippen LogP contribution in [0.5, 0.6) is 0 Å². The lowest BCUT2D eigenvalue weighted by Gasteiger charge is -2.34. The molecule has 5 rings (SSSR count). The van der Waals surface area contributed by atoms with Crippen molar-refractivity contribution in [3.8, 4) is 0 Å². The van der Waals surface area contributed by atoms with Crippen LogP contribution in [0.15, 0.2) is 60.7 Å². The Balaban J connectivity index is 1.27. The highest BCUT2D eigenvalue weighted by atomic mass is 35.5. The van der Waals surface area contributed by atoms with Gasteiger partial charge in [0, 0.05) is 79.3 Å². The number of anilines is 2. The molecule has 3 aromatic rings. The number of nitrogens with zero attached hydrogens (tertiary/aromatic N) is 3. The lowest BCUT2D eigenvalue weighted by Crippen LogP contribution is -2.48. The number of rotatable bonds is 7. The van der Waals surface area contributed by atoms with E-state index in [9.17, 15) is 14.4 Å². The van der Waals surface area contributed by atoms with Crippen LogP contribution in [-0.2, 0) is 9.53 Å². The number of carbonyl (C=O) groups is 3. The molecule has 9 heteroatoms. The zero-order valence-corrected chi connectivity index (χ0v) is 25.8. The fourth-order valence-electron chi connectivity index (χ4n) is 5.89. The average molecular weight is 603 g/mol. The van der Waals surface area contributed by atoms with Crippen LogP contribution in [0.1, 0.15) is 63.3 Å². The number of ether oxygens (including phenoxy) is 1. The van der Waals surface area contributed by atoms with Gasteiger partial charge in [0.2, 0.25) is 5.91 Å². The molecule has 1 N–H and O–H groups in total. The molecule has 1 fully saturated rings. The van der Waals surface area contributed by atoms with Crippen molar-refractivity contribution in [3.05, 3.63) is 93.5 Å². The van der Waals surface area contributed by atoms with Gasteiger partial charge in [-0.05, 0) is 80.3 Å². The third kappa shape index (κ3) is 7.26. The number of aryl methyl sites for hydroxylation is 2. The fraction of sp³-hybridized carbons (Fsp3) is 0.382. The second-order valence-electron chi connectivity index (χ2n) is 11.3. The number of piperazine rings is 1. The van der Waals surface area contributed by atoms with Gasteiger partial charge in [-0.1, -0.05) is 29.8 Å². The van der Waals surface area contributed by atoms with Gasteiger partial charge in [-0.3, -0.25) is 19.3 Å². The smallest absolute Gasteiger partial charge is 0.258 e. The molecule has 2 aliphatic rings. The first-order chi connectivity index (χ1) is 20.7. The van der Waals surface area contributed by atoms with E-state index in [1.165, 1.54) is 0 Å². The lowest BCUT2D eigenvalue weighted by atomic mass is 10.0. The molecule has 3 aromatic carbocycles. The molecule has 8 nitrogen and oxygen atoms in total. The summed E-state index contributed by atoms with van der Waals surface area (Å²) in [5.41, 5.74) is 5.25. The Bertz CT molecular complexity index is 1500. The van der Waals surface area contributed by atoms with Crippen LogP contribution in [0.3, 0.4) is 0 Å². The minimum atomic E-state index is -0.181. The van der Waals surface area contributed by atoms with Gasteiger partial charge in [-0.2, -0.15) is 0 Å². The predicted molar refractivity (Wildman–Crippen MR) is 170 cm³/mol. The summed E-state index contributed by atoms with van der Waals surface area (Å²) in [7, 11) is 0. The topological polar surface area (TPSA) is 82.2 Å². The maximum atomic E-state index is 14.0. The van der Waals surface area contributed by atoms with Gasteiger partial charge in [0.1, 0.15) is 0 Å². The van der Waals surface area contributed by atoms with Crippen LogP contribution in [-0.4, -0.2) is 73.4 Å². The number of halogens is 1. The maximum Gasteiger partial charge on any atom is 0.258 e. The molecule has 2 aliphatic heterocycles. The first-order valence-corrected chi connectivity index (χ1v) is 15.3. The molecule has 0 radical (unpaired) electrons. The largest absolute Gasteiger partial charge is 0.372 e. The quantitative estimate of drug-likeness (QED) is 0.366. The number of nitrogens with one attached hydrogen (secondary N) is 1. The first-order valence-electron chi connectivity index (χ1n) is 14.9. The molecule has 0 aliphatic carbocycles. The minimum Gasteiger partial charge on any atom is -0.372 e. The Morgan fingerprint density at radius 2 is 1.67 bits per heavy atom. The van der Waals surface area contributed by atoms with E-state index in [2.05, 4.69) is 10.2 Å². The first kappa shape index (κ1) is 30.7. The third-order valence-electron chi connectivity index (χ3n) is 8.37. The number of fused-ring (bicyclic) bond motifs is 1. The second kappa shape index (κ2) is 13.7. The predicted octanol–water partition coefficient (Wildman–Crippen LogP) is 5.87. The van der Waals surface area contributed by atoms with E-state index < -0.39 is 0 Å². The van der Waals surface area contributed by atoms with Gasteiger partial charge in [0.05, 0.1) is 12.7 Å². The molecule has 2 heterocycles. The second-order valence-corrected chi connectivity index (χ2v) is 11.7. The van der Waals surface area contributed by atoms with E-state index in [1.54, 1.807) is 25.1 Å². The number of hydrogen-bond donors (Lipinski definition) is 1. The summed E-state index contributed by atoms with van der Waals surface area (Å²) in [6, 6.07) is 18.5. The van der Waals surface area contributed by atoms with Crippen molar-refractivity contribution in [3.63, 3.8) is 0 Å².